The molecule has 2 N–H and O–H groups in total. The van der Waals surface area contributed by atoms with Crippen molar-refractivity contribution in [3.63, 3.8) is 0 Å². The summed E-state index contributed by atoms with van der Waals surface area (Å²) in [4.78, 5) is 20.4. The number of ether oxygens (including phenoxy) is 1. The number of nitrogens with two attached hydrogens (primary N) is 1. The van der Waals surface area contributed by atoms with Gasteiger partial charge < -0.3 is 20.3 Å². The molecular weight excluding hydrogens is 471 g/mol. The summed E-state index contributed by atoms with van der Waals surface area (Å²) >= 11 is 0. The number of carbonyl (C=O) groups excluding carboxylic acids is 1. The van der Waals surface area contributed by atoms with Crippen molar-refractivity contribution in [3.05, 3.63) is 17.0 Å². The van der Waals surface area contributed by atoms with Gasteiger partial charge in [0.25, 0.3) is 0 Å². The summed E-state index contributed by atoms with van der Waals surface area (Å²) in [6.07, 6.45) is 1.63. The molecule has 1 saturated heterocycles. The summed E-state index contributed by atoms with van der Waals surface area (Å²) in [7, 11) is 1.97. The minimum atomic E-state index is -0.473. The highest BCUT2D eigenvalue weighted by molar-refractivity contribution is 14.0. The van der Waals surface area contributed by atoms with Crippen LogP contribution < -0.4 is 5.73 Å². The fraction of sp³-hybridized carbons (Fsp3) is 0.737. The van der Waals surface area contributed by atoms with E-state index in [1.807, 2.05) is 44.3 Å². The lowest BCUT2D eigenvalue weighted by molar-refractivity contribution is 0.0186. The van der Waals surface area contributed by atoms with Gasteiger partial charge in [-0.3, -0.25) is 9.67 Å². The zero-order valence-corrected chi connectivity index (χ0v) is 20.3. The molecule has 9 heteroatoms. The summed E-state index contributed by atoms with van der Waals surface area (Å²) in [5, 5.41) is 4.45. The van der Waals surface area contributed by atoms with Crippen molar-refractivity contribution in [1.29, 1.82) is 0 Å². The number of halogens is 1. The van der Waals surface area contributed by atoms with Crippen LogP contribution in [0, 0.1) is 13.8 Å². The molecule has 1 fully saturated rings. The molecule has 0 unspecified atom stereocenters. The van der Waals surface area contributed by atoms with Gasteiger partial charge >= 0.3 is 6.09 Å². The van der Waals surface area contributed by atoms with Crippen molar-refractivity contribution in [3.8, 4) is 0 Å². The van der Waals surface area contributed by atoms with E-state index < -0.39 is 5.60 Å². The molecule has 2 heterocycles. The van der Waals surface area contributed by atoms with E-state index in [-0.39, 0.29) is 30.1 Å². The first-order chi connectivity index (χ1) is 12.6. The molecule has 0 saturated carbocycles. The van der Waals surface area contributed by atoms with Crippen LogP contribution in [0.5, 0.6) is 0 Å². The predicted octanol–water partition coefficient (Wildman–Crippen LogP) is 2.45. The molecule has 0 aromatic carbocycles. The normalized spacial score (nSPS) is 15.4. The summed E-state index contributed by atoms with van der Waals surface area (Å²) in [5.41, 5.74) is 9.27. The second-order valence-corrected chi connectivity index (χ2v) is 8.07. The standard InChI is InChI=1S/C19H34N6O2.HI/c1-14-16(15(2)23(6)22-14)8-7-9-21-17(20)24-10-12-25(13-11-24)18(26)27-19(3,4)5;/h7-13H2,1-6H3,(H2,20,21);1H. The fourth-order valence-electron chi connectivity index (χ4n) is 3.17. The smallest absolute Gasteiger partial charge is 0.410 e. The van der Waals surface area contributed by atoms with Crippen molar-refractivity contribution in [2.24, 2.45) is 17.8 Å². The van der Waals surface area contributed by atoms with E-state index in [9.17, 15) is 4.79 Å². The average Bonchev–Trinajstić information content (AvgIpc) is 2.82. The Kier molecular flexibility index (Phi) is 9.03. The number of hydrogen-bond donors (Lipinski definition) is 1. The summed E-state index contributed by atoms with van der Waals surface area (Å²) in [6.45, 7) is 13.0. The average molecular weight is 506 g/mol. The van der Waals surface area contributed by atoms with Crippen LogP contribution in [0.4, 0.5) is 4.79 Å². The highest BCUT2D eigenvalue weighted by atomic mass is 127. The van der Waals surface area contributed by atoms with E-state index in [1.165, 1.54) is 11.3 Å². The molecule has 1 aromatic rings. The number of guanidine groups is 1. The minimum absolute atomic E-state index is 0. The van der Waals surface area contributed by atoms with Crippen LogP contribution in [0.2, 0.25) is 0 Å². The van der Waals surface area contributed by atoms with Gasteiger partial charge in [0.05, 0.1) is 5.69 Å². The molecule has 0 spiro atoms. The molecule has 160 valence electrons. The van der Waals surface area contributed by atoms with E-state index in [0.29, 0.717) is 38.7 Å². The van der Waals surface area contributed by atoms with E-state index >= 15 is 0 Å². The van der Waals surface area contributed by atoms with Crippen LogP contribution in [0.25, 0.3) is 0 Å². The van der Waals surface area contributed by atoms with Crippen LogP contribution in [-0.2, 0) is 18.2 Å². The molecule has 8 nitrogen and oxygen atoms in total. The van der Waals surface area contributed by atoms with E-state index in [0.717, 1.165) is 18.5 Å². The van der Waals surface area contributed by atoms with Gasteiger partial charge in [-0.25, -0.2) is 4.79 Å². The predicted molar refractivity (Wildman–Crippen MR) is 122 cm³/mol. The second kappa shape index (κ2) is 10.3. The molecule has 1 aliphatic heterocycles. The third-order valence-electron chi connectivity index (χ3n) is 4.77. The Hall–Kier alpha value is -1.52. The Morgan fingerprint density at radius 1 is 1.18 bits per heavy atom. The van der Waals surface area contributed by atoms with Crippen LogP contribution in [0.1, 0.15) is 44.1 Å². The number of rotatable bonds is 4. The van der Waals surface area contributed by atoms with Gasteiger partial charge in [-0.05, 0) is 53.0 Å². The van der Waals surface area contributed by atoms with Gasteiger partial charge in [0.1, 0.15) is 5.60 Å². The van der Waals surface area contributed by atoms with Crippen LogP contribution >= 0.6 is 24.0 Å². The molecule has 0 bridgehead atoms. The van der Waals surface area contributed by atoms with Crippen molar-refractivity contribution in [2.45, 2.75) is 53.1 Å². The second-order valence-electron chi connectivity index (χ2n) is 8.07. The molecule has 1 aliphatic rings. The molecular formula is C19H35IN6O2. The highest BCUT2D eigenvalue weighted by Gasteiger charge is 2.26. The van der Waals surface area contributed by atoms with Crippen LogP contribution in [-0.4, -0.2) is 70.0 Å². The third-order valence-corrected chi connectivity index (χ3v) is 4.77. The maximum absolute atomic E-state index is 12.1. The maximum Gasteiger partial charge on any atom is 0.410 e. The van der Waals surface area contributed by atoms with Gasteiger partial charge in [-0.2, -0.15) is 5.10 Å². The number of carbonyl (C=O) groups is 1. The monoisotopic (exact) mass is 506 g/mol. The number of aromatic nitrogens is 2. The minimum Gasteiger partial charge on any atom is -0.444 e. The largest absolute Gasteiger partial charge is 0.444 e. The van der Waals surface area contributed by atoms with Crippen molar-refractivity contribution < 1.29 is 9.53 Å². The van der Waals surface area contributed by atoms with Gasteiger partial charge in [0.15, 0.2) is 5.96 Å². The molecule has 2 rings (SSSR count). The van der Waals surface area contributed by atoms with Crippen LogP contribution in [0.15, 0.2) is 4.99 Å². The number of nitrogens with zero attached hydrogens (tertiary/aromatic N) is 5. The van der Waals surface area contributed by atoms with E-state index in [4.69, 9.17) is 10.5 Å². The first kappa shape index (κ1) is 24.5. The summed E-state index contributed by atoms with van der Waals surface area (Å²) in [6, 6.07) is 0. The van der Waals surface area contributed by atoms with E-state index in [1.54, 1.807) is 4.90 Å². The number of amides is 1. The van der Waals surface area contributed by atoms with Gasteiger partial charge in [0.2, 0.25) is 0 Å². The molecule has 0 atom stereocenters. The van der Waals surface area contributed by atoms with Gasteiger partial charge in [-0.1, -0.05) is 0 Å². The Labute approximate surface area is 185 Å². The lowest BCUT2D eigenvalue weighted by Crippen LogP contribution is -2.53. The van der Waals surface area contributed by atoms with Crippen molar-refractivity contribution in [1.82, 2.24) is 19.6 Å². The zero-order valence-electron chi connectivity index (χ0n) is 18.0. The number of aliphatic imine (C=N–C) groups is 1. The molecule has 1 aromatic heterocycles. The van der Waals surface area contributed by atoms with Crippen molar-refractivity contribution in [2.75, 3.05) is 32.7 Å². The summed E-state index contributed by atoms with van der Waals surface area (Å²) < 4.78 is 7.34. The highest BCUT2D eigenvalue weighted by Crippen LogP contribution is 2.14. The Morgan fingerprint density at radius 3 is 2.25 bits per heavy atom. The number of aryl methyl sites for hydroxylation is 2. The van der Waals surface area contributed by atoms with Gasteiger partial charge in [-0.15, -0.1) is 24.0 Å². The first-order valence-electron chi connectivity index (χ1n) is 9.60. The first-order valence-corrected chi connectivity index (χ1v) is 9.60. The lowest BCUT2D eigenvalue weighted by atomic mass is 10.1. The number of hydrogen-bond acceptors (Lipinski definition) is 4. The Morgan fingerprint density at radius 2 is 1.75 bits per heavy atom. The Balaban J connectivity index is 0.00000392. The topological polar surface area (TPSA) is 89.0 Å². The molecule has 28 heavy (non-hydrogen) atoms. The van der Waals surface area contributed by atoms with Gasteiger partial charge in [0, 0.05) is 45.5 Å². The van der Waals surface area contributed by atoms with E-state index in [2.05, 4.69) is 17.0 Å². The SMILES string of the molecule is Cc1nn(C)c(C)c1CCCN=C(N)N1CCN(C(=O)OC(C)(C)C)CC1.I. The third kappa shape index (κ3) is 6.82. The summed E-state index contributed by atoms with van der Waals surface area (Å²) in [5.74, 6) is 0.554. The Bertz CT molecular complexity index is 687. The maximum atomic E-state index is 12.1. The van der Waals surface area contributed by atoms with Crippen LogP contribution in [0.3, 0.4) is 0 Å². The fourth-order valence-corrected chi connectivity index (χ4v) is 3.17. The quantitative estimate of drug-likeness (QED) is 0.294. The van der Waals surface area contributed by atoms with Crippen molar-refractivity contribution >= 4 is 36.0 Å². The number of piperazine rings is 1. The zero-order chi connectivity index (χ0) is 20.2. The molecule has 0 radical (unpaired) electrons. The lowest BCUT2D eigenvalue weighted by Gasteiger charge is -2.36. The molecule has 0 aliphatic carbocycles. The molecule has 1 amide bonds.